The van der Waals surface area contributed by atoms with Gasteiger partial charge in [-0.05, 0) is 24.3 Å². The number of likely N-dealkylation sites (N-methyl/N-ethyl adjacent to an activating group) is 1. The van der Waals surface area contributed by atoms with Crippen molar-refractivity contribution in [2.45, 2.75) is 6.10 Å². The minimum Gasteiger partial charge on any atom is -0.477 e. The van der Waals surface area contributed by atoms with Crippen molar-refractivity contribution >= 4 is 29.3 Å². The van der Waals surface area contributed by atoms with Crippen LogP contribution in [0.3, 0.4) is 0 Å². The first-order valence-corrected chi connectivity index (χ1v) is 8.74. The zero-order valence-corrected chi connectivity index (χ0v) is 15.0. The predicted molar refractivity (Wildman–Crippen MR) is 99.1 cm³/mol. The molecule has 1 N–H and O–H groups in total. The Morgan fingerprint density at radius 3 is 2.29 bits per heavy atom. The standard InChI is InChI=1S/C20H17N3O5/c1-21-18(25)16-10-22(14-8-4-5-9-15(14)28-16)17(24)11-23-19(26)12-6-2-3-7-13(12)20(23)27/h2-9,16H,10-11H2,1H3,(H,21,25)/t16-/m0/s1. The SMILES string of the molecule is CNC(=O)[C@@H]1CN(C(=O)CN2C(=O)c3ccccc3C2=O)c2ccccc2O1. The number of anilines is 1. The maximum atomic E-state index is 13.0. The van der Waals surface area contributed by atoms with Gasteiger partial charge < -0.3 is 15.0 Å². The molecule has 4 rings (SSSR count). The van der Waals surface area contributed by atoms with Gasteiger partial charge >= 0.3 is 0 Å². The molecule has 0 aromatic heterocycles. The van der Waals surface area contributed by atoms with Crippen molar-refractivity contribution in [3.05, 3.63) is 59.7 Å². The molecule has 28 heavy (non-hydrogen) atoms. The number of rotatable bonds is 3. The Labute approximate surface area is 160 Å². The summed E-state index contributed by atoms with van der Waals surface area (Å²) < 4.78 is 5.67. The number of carbonyl (C=O) groups is 4. The van der Waals surface area contributed by atoms with Gasteiger partial charge in [-0.2, -0.15) is 0 Å². The first-order chi connectivity index (χ1) is 13.5. The molecule has 0 saturated carbocycles. The molecule has 142 valence electrons. The van der Waals surface area contributed by atoms with E-state index in [9.17, 15) is 19.2 Å². The van der Waals surface area contributed by atoms with E-state index in [1.807, 2.05) is 0 Å². The van der Waals surface area contributed by atoms with E-state index in [0.717, 1.165) is 4.90 Å². The van der Waals surface area contributed by atoms with E-state index in [1.54, 1.807) is 48.5 Å². The molecule has 8 heteroatoms. The first kappa shape index (κ1) is 17.7. The van der Waals surface area contributed by atoms with Gasteiger partial charge in [0.25, 0.3) is 17.7 Å². The maximum absolute atomic E-state index is 13.0. The zero-order valence-electron chi connectivity index (χ0n) is 15.0. The summed E-state index contributed by atoms with van der Waals surface area (Å²) in [6.07, 6.45) is -0.883. The lowest BCUT2D eigenvalue weighted by Gasteiger charge is -2.34. The van der Waals surface area contributed by atoms with Crippen molar-refractivity contribution in [2.75, 3.05) is 25.0 Å². The van der Waals surface area contributed by atoms with Crippen LogP contribution in [0.15, 0.2) is 48.5 Å². The third-order valence-corrected chi connectivity index (χ3v) is 4.79. The zero-order chi connectivity index (χ0) is 19.8. The molecule has 2 aromatic rings. The molecule has 4 amide bonds. The molecule has 2 aromatic carbocycles. The van der Waals surface area contributed by atoms with E-state index in [-0.39, 0.29) is 23.6 Å². The fourth-order valence-corrected chi connectivity index (χ4v) is 3.37. The number of fused-ring (bicyclic) bond motifs is 2. The molecule has 0 spiro atoms. The summed E-state index contributed by atoms with van der Waals surface area (Å²) in [5.74, 6) is -1.46. The van der Waals surface area contributed by atoms with E-state index in [4.69, 9.17) is 4.74 Å². The molecule has 0 bridgehead atoms. The van der Waals surface area contributed by atoms with Gasteiger partial charge in [0.1, 0.15) is 12.3 Å². The van der Waals surface area contributed by atoms with Crippen LogP contribution in [0.25, 0.3) is 0 Å². The highest BCUT2D eigenvalue weighted by molar-refractivity contribution is 6.22. The molecule has 0 fully saturated rings. The van der Waals surface area contributed by atoms with E-state index in [0.29, 0.717) is 11.4 Å². The molecule has 1 atom stereocenters. The average molecular weight is 379 g/mol. The topological polar surface area (TPSA) is 96.0 Å². The van der Waals surface area contributed by atoms with E-state index in [1.165, 1.54) is 11.9 Å². The molecule has 8 nitrogen and oxygen atoms in total. The van der Waals surface area contributed by atoms with Crippen LogP contribution in [-0.2, 0) is 9.59 Å². The minimum atomic E-state index is -0.883. The highest BCUT2D eigenvalue weighted by Gasteiger charge is 2.39. The van der Waals surface area contributed by atoms with E-state index >= 15 is 0 Å². The molecule has 0 unspecified atom stereocenters. The Morgan fingerprint density at radius 2 is 1.64 bits per heavy atom. The predicted octanol–water partition coefficient (Wildman–Crippen LogP) is 0.823. The minimum absolute atomic E-state index is 0.0152. The number of nitrogens with one attached hydrogen (secondary N) is 1. The van der Waals surface area contributed by atoms with Gasteiger partial charge in [-0.25, -0.2) is 0 Å². The lowest BCUT2D eigenvalue weighted by atomic mass is 10.1. The van der Waals surface area contributed by atoms with Crippen molar-refractivity contribution in [1.29, 1.82) is 0 Å². The van der Waals surface area contributed by atoms with Crippen molar-refractivity contribution in [1.82, 2.24) is 10.2 Å². The van der Waals surface area contributed by atoms with Crippen molar-refractivity contribution < 1.29 is 23.9 Å². The van der Waals surface area contributed by atoms with Crippen LogP contribution in [0.5, 0.6) is 5.75 Å². The molecule has 0 aliphatic carbocycles. The Balaban J connectivity index is 1.60. The summed E-state index contributed by atoms with van der Waals surface area (Å²) in [6, 6.07) is 13.3. The summed E-state index contributed by atoms with van der Waals surface area (Å²) in [4.78, 5) is 52.4. The van der Waals surface area contributed by atoms with Gasteiger partial charge in [-0.15, -0.1) is 0 Å². The van der Waals surface area contributed by atoms with Crippen LogP contribution in [-0.4, -0.2) is 54.8 Å². The third-order valence-electron chi connectivity index (χ3n) is 4.79. The van der Waals surface area contributed by atoms with Gasteiger partial charge in [-0.1, -0.05) is 24.3 Å². The Morgan fingerprint density at radius 1 is 1.04 bits per heavy atom. The lowest BCUT2D eigenvalue weighted by molar-refractivity contribution is -0.128. The van der Waals surface area contributed by atoms with Gasteiger partial charge in [0.2, 0.25) is 5.91 Å². The molecular formula is C20H17N3O5. The summed E-state index contributed by atoms with van der Waals surface area (Å²) >= 11 is 0. The smallest absolute Gasteiger partial charge is 0.262 e. The normalized spacial score (nSPS) is 17.7. The molecule has 2 aliphatic heterocycles. The highest BCUT2D eigenvalue weighted by atomic mass is 16.5. The summed E-state index contributed by atoms with van der Waals surface area (Å²) in [7, 11) is 1.48. The van der Waals surface area contributed by atoms with Crippen molar-refractivity contribution in [3.63, 3.8) is 0 Å². The summed E-state index contributed by atoms with van der Waals surface area (Å²) in [6.45, 7) is -0.431. The van der Waals surface area contributed by atoms with Crippen LogP contribution in [0.2, 0.25) is 0 Å². The van der Waals surface area contributed by atoms with Crippen molar-refractivity contribution in [2.24, 2.45) is 0 Å². The molecular weight excluding hydrogens is 362 g/mol. The van der Waals surface area contributed by atoms with E-state index in [2.05, 4.69) is 5.32 Å². The summed E-state index contributed by atoms with van der Waals surface area (Å²) in [5.41, 5.74) is 1.06. The number of nitrogens with zero attached hydrogens (tertiary/aromatic N) is 2. The number of hydrogen-bond donors (Lipinski definition) is 1. The Kier molecular flexibility index (Phi) is 4.31. The third kappa shape index (κ3) is 2.79. The molecule has 2 aliphatic rings. The number of ether oxygens (including phenoxy) is 1. The fraction of sp³-hybridized carbons (Fsp3) is 0.200. The number of amides is 4. The number of benzene rings is 2. The molecule has 2 heterocycles. The number of hydrogen-bond acceptors (Lipinski definition) is 5. The number of imide groups is 1. The lowest BCUT2D eigenvalue weighted by Crippen LogP contribution is -2.52. The van der Waals surface area contributed by atoms with Crippen LogP contribution in [0.4, 0.5) is 5.69 Å². The van der Waals surface area contributed by atoms with Crippen LogP contribution < -0.4 is 15.0 Å². The van der Waals surface area contributed by atoms with Gasteiger partial charge in [0, 0.05) is 7.05 Å². The Bertz CT molecular complexity index is 968. The molecule has 0 radical (unpaired) electrons. The maximum Gasteiger partial charge on any atom is 0.262 e. The van der Waals surface area contributed by atoms with Gasteiger partial charge in [-0.3, -0.25) is 24.1 Å². The average Bonchev–Trinajstić information content (AvgIpc) is 2.97. The highest BCUT2D eigenvalue weighted by Crippen LogP contribution is 2.33. The Hall–Kier alpha value is -3.68. The first-order valence-electron chi connectivity index (χ1n) is 8.74. The quantitative estimate of drug-likeness (QED) is 0.797. The van der Waals surface area contributed by atoms with Crippen LogP contribution >= 0.6 is 0 Å². The van der Waals surface area contributed by atoms with Gasteiger partial charge in [0.15, 0.2) is 6.10 Å². The van der Waals surface area contributed by atoms with Crippen LogP contribution in [0, 0.1) is 0 Å². The summed E-state index contributed by atoms with van der Waals surface area (Å²) in [5, 5.41) is 2.50. The second kappa shape index (κ2) is 6.80. The van der Waals surface area contributed by atoms with Crippen molar-refractivity contribution in [3.8, 4) is 5.75 Å². The second-order valence-electron chi connectivity index (χ2n) is 6.43. The number of para-hydroxylation sites is 2. The monoisotopic (exact) mass is 379 g/mol. The second-order valence-corrected chi connectivity index (χ2v) is 6.43. The van der Waals surface area contributed by atoms with E-state index < -0.39 is 30.4 Å². The molecule has 0 saturated heterocycles. The largest absolute Gasteiger partial charge is 0.477 e. The number of carbonyl (C=O) groups excluding carboxylic acids is 4. The fourth-order valence-electron chi connectivity index (χ4n) is 3.37. The van der Waals surface area contributed by atoms with Gasteiger partial charge in [0.05, 0.1) is 23.4 Å². The van der Waals surface area contributed by atoms with Crippen LogP contribution in [0.1, 0.15) is 20.7 Å².